The summed E-state index contributed by atoms with van der Waals surface area (Å²) in [7, 11) is -3.00. The van der Waals surface area contributed by atoms with Crippen LogP contribution in [-0.4, -0.2) is 56.4 Å². The number of carbonyl (C=O) groups is 1. The minimum Gasteiger partial charge on any atom is -0.327 e. The van der Waals surface area contributed by atoms with Crippen LogP contribution in [0.15, 0.2) is 0 Å². The van der Waals surface area contributed by atoms with E-state index in [4.69, 9.17) is 6.42 Å². The predicted molar refractivity (Wildman–Crippen MR) is 73.2 cm³/mol. The summed E-state index contributed by atoms with van der Waals surface area (Å²) in [5.74, 6) is 2.64. The maximum Gasteiger partial charge on any atom is 0.228 e. The maximum absolute atomic E-state index is 12.5. The van der Waals surface area contributed by atoms with Gasteiger partial charge in [-0.25, -0.2) is 8.42 Å². The molecule has 0 aliphatic carbocycles. The van der Waals surface area contributed by atoms with Gasteiger partial charge in [0.05, 0.1) is 24.0 Å². The molecule has 0 spiro atoms. The van der Waals surface area contributed by atoms with E-state index in [0.717, 1.165) is 19.4 Å². The van der Waals surface area contributed by atoms with Gasteiger partial charge in [0.25, 0.3) is 0 Å². The van der Waals surface area contributed by atoms with Crippen LogP contribution in [0.1, 0.15) is 19.3 Å². The van der Waals surface area contributed by atoms with Crippen LogP contribution in [0, 0.1) is 18.3 Å². The summed E-state index contributed by atoms with van der Waals surface area (Å²) < 4.78 is 23.1. The van der Waals surface area contributed by atoms with Gasteiger partial charge in [-0.3, -0.25) is 4.79 Å². The zero-order valence-electron chi connectivity index (χ0n) is 11.0. The summed E-state index contributed by atoms with van der Waals surface area (Å²) in [5.41, 5.74) is 0. The van der Waals surface area contributed by atoms with Crippen molar-refractivity contribution in [1.82, 2.24) is 10.2 Å². The van der Waals surface area contributed by atoms with E-state index in [1.807, 2.05) is 0 Å². The number of rotatable bonds is 3. The fraction of sp³-hybridized carbons (Fsp3) is 0.769. The average molecular weight is 284 g/mol. The van der Waals surface area contributed by atoms with Crippen molar-refractivity contribution in [1.29, 1.82) is 0 Å². The first kappa shape index (κ1) is 14.4. The summed E-state index contributed by atoms with van der Waals surface area (Å²) in [6.07, 6.45) is 7.66. The van der Waals surface area contributed by atoms with Gasteiger partial charge >= 0.3 is 0 Å². The van der Waals surface area contributed by atoms with E-state index in [9.17, 15) is 13.2 Å². The highest BCUT2D eigenvalue weighted by molar-refractivity contribution is 7.91. The number of amides is 1. The van der Waals surface area contributed by atoms with Crippen molar-refractivity contribution in [2.75, 3.05) is 31.1 Å². The fourth-order valence-electron chi connectivity index (χ4n) is 2.80. The summed E-state index contributed by atoms with van der Waals surface area (Å²) in [4.78, 5) is 14.1. The van der Waals surface area contributed by atoms with E-state index in [1.165, 1.54) is 0 Å². The van der Waals surface area contributed by atoms with Crippen LogP contribution in [-0.2, 0) is 14.6 Å². The van der Waals surface area contributed by atoms with Crippen LogP contribution in [0.5, 0.6) is 0 Å². The van der Waals surface area contributed by atoms with Crippen molar-refractivity contribution in [3.05, 3.63) is 0 Å². The van der Waals surface area contributed by atoms with Crippen LogP contribution in [0.3, 0.4) is 0 Å². The first-order valence-corrected chi connectivity index (χ1v) is 8.51. The van der Waals surface area contributed by atoms with Gasteiger partial charge in [0.15, 0.2) is 9.84 Å². The lowest BCUT2D eigenvalue weighted by Gasteiger charge is -2.32. The molecule has 0 aromatic carbocycles. The van der Waals surface area contributed by atoms with Gasteiger partial charge in [0, 0.05) is 12.6 Å². The molecular weight excluding hydrogens is 264 g/mol. The highest BCUT2D eigenvalue weighted by Gasteiger charge is 2.36. The maximum atomic E-state index is 12.5. The molecule has 5 nitrogen and oxygen atoms in total. The molecule has 19 heavy (non-hydrogen) atoms. The first-order chi connectivity index (χ1) is 9.03. The molecule has 0 aromatic rings. The second-order valence-corrected chi connectivity index (χ2v) is 7.50. The second kappa shape index (κ2) is 5.93. The van der Waals surface area contributed by atoms with Gasteiger partial charge in [-0.15, -0.1) is 6.42 Å². The molecular formula is C13H20N2O3S. The lowest BCUT2D eigenvalue weighted by Crippen LogP contribution is -2.48. The molecule has 1 N–H and O–H groups in total. The van der Waals surface area contributed by atoms with Crippen LogP contribution < -0.4 is 5.32 Å². The van der Waals surface area contributed by atoms with E-state index in [1.54, 1.807) is 4.90 Å². The Kier molecular flexibility index (Phi) is 4.48. The Hall–Kier alpha value is -1.06. The Labute approximate surface area is 114 Å². The lowest BCUT2D eigenvalue weighted by atomic mass is 9.97. The van der Waals surface area contributed by atoms with Crippen molar-refractivity contribution in [3.63, 3.8) is 0 Å². The van der Waals surface area contributed by atoms with E-state index >= 15 is 0 Å². The molecule has 2 fully saturated rings. The van der Waals surface area contributed by atoms with Gasteiger partial charge < -0.3 is 10.2 Å². The molecule has 0 aromatic heterocycles. The number of hydrogen-bond acceptors (Lipinski definition) is 4. The number of hydrogen-bond donors (Lipinski definition) is 1. The fourth-order valence-corrected chi connectivity index (χ4v) is 4.53. The van der Waals surface area contributed by atoms with Gasteiger partial charge in [-0.1, -0.05) is 5.92 Å². The molecule has 1 unspecified atom stereocenters. The molecule has 2 saturated heterocycles. The lowest BCUT2D eigenvalue weighted by molar-refractivity contribution is -0.137. The monoisotopic (exact) mass is 284 g/mol. The summed E-state index contributed by atoms with van der Waals surface area (Å²) in [6, 6.07) is -0.240. The zero-order chi connectivity index (χ0) is 13.9. The molecule has 2 aliphatic heterocycles. The number of sulfone groups is 1. The third-order valence-corrected chi connectivity index (χ3v) is 5.59. The topological polar surface area (TPSA) is 66.5 Å². The number of nitrogens with zero attached hydrogens (tertiary/aromatic N) is 1. The van der Waals surface area contributed by atoms with Crippen molar-refractivity contribution in [2.24, 2.45) is 5.92 Å². The van der Waals surface area contributed by atoms with Crippen LogP contribution in [0.4, 0.5) is 0 Å². The smallest absolute Gasteiger partial charge is 0.228 e. The molecule has 2 aliphatic rings. The van der Waals surface area contributed by atoms with E-state index in [2.05, 4.69) is 11.2 Å². The van der Waals surface area contributed by atoms with Gasteiger partial charge in [0.2, 0.25) is 5.91 Å². The predicted octanol–water partition coefficient (Wildman–Crippen LogP) is -0.365. The number of terminal acetylenes is 1. The molecule has 0 saturated carbocycles. The average Bonchev–Trinajstić information content (AvgIpc) is 2.76. The van der Waals surface area contributed by atoms with Gasteiger partial charge in [0.1, 0.15) is 0 Å². The molecule has 0 bridgehead atoms. The number of piperidine rings is 1. The molecule has 1 amide bonds. The third-order valence-electron chi connectivity index (χ3n) is 3.84. The minimum atomic E-state index is -3.00. The van der Waals surface area contributed by atoms with E-state index in [-0.39, 0.29) is 35.9 Å². The van der Waals surface area contributed by atoms with E-state index < -0.39 is 9.84 Å². The molecule has 0 radical (unpaired) electrons. The number of nitrogens with one attached hydrogen (secondary N) is 1. The Morgan fingerprint density at radius 1 is 1.42 bits per heavy atom. The zero-order valence-corrected chi connectivity index (χ0v) is 11.8. The van der Waals surface area contributed by atoms with Crippen LogP contribution in [0.25, 0.3) is 0 Å². The summed E-state index contributed by atoms with van der Waals surface area (Å²) in [5, 5.41) is 3.20. The molecule has 2 heterocycles. The highest BCUT2D eigenvalue weighted by Crippen LogP contribution is 2.21. The van der Waals surface area contributed by atoms with Crippen molar-refractivity contribution < 1.29 is 13.2 Å². The highest BCUT2D eigenvalue weighted by atomic mass is 32.2. The summed E-state index contributed by atoms with van der Waals surface area (Å²) in [6.45, 7) is 1.81. The van der Waals surface area contributed by atoms with Crippen molar-refractivity contribution in [2.45, 2.75) is 25.3 Å². The standard InChI is InChI=1S/C13H20N2O3S/c1-2-7-15(12-5-8-19(17,18)10-12)13(16)11-4-3-6-14-9-11/h1,11-12,14H,3-10H2/t11-,12?/m1/s1. The van der Waals surface area contributed by atoms with E-state index in [0.29, 0.717) is 13.0 Å². The molecule has 106 valence electrons. The normalized spacial score (nSPS) is 29.6. The number of carbonyl (C=O) groups excluding carboxylic acids is 1. The molecule has 6 heteroatoms. The van der Waals surface area contributed by atoms with Crippen LogP contribution in [0.2, 0.25) is 0 Å². The Morgan fingerprint density at radius 2 is 2.21 bits per heavy atom. The first-order valence-electron chi connectivity index (χ1n) is 6.68. The third kappa shape index (κ3) is 3.48. The van der Waals surface area contributed by atoms with Gasteiger partial charge in [-0.05, 0) is 25.8 Å². The quantitative estimate of drug-likeness (QED) is 0.719. The minimum absolute atomic E-state index is 0.00671. The SMILES string of the molecule is C#CCN(C(=O)[C@@H]1CCCNC1)C1CCS(=O)(=O)C1. The van der Waals surface area contributed by atoms with Crippen LogP contribution >= 0.6 is 0 Å². The van der Waals surface area contributed by atoms with Gasteiger partial charge in [-0.2, -0.15) is 0 Å². The largest absolute Gasteiger partial charge is 0.327 e. The second-order valence-electron chi connectivity index (χ2n) is 5.27. The van der Waals surface area contributed by atoms with Crippen molar-refractivity contribution >= 4 is 15.7 Å². The Balaban J connectivity index is 2.07. The summed E-state index contributed by atoms with van der Waals surface area (Å²) >= 11 is 0. The molecule has 2 atom stereocenters. The Bertz CT molecular complexity index is 475. The van der Waals surface area contributed by atoms with Crippen molar-refractivity contribution in [3.8, 4) is 12.3 Å². The molecule has 2 rings (SSSR count). The Morgan fingerprint density at radius 3 is 2.74 bits per heavy atom.